The third kappa shape index (κ3) is 3.34. The fourth-order valence-corrected chi connectivity index (χ4v) is 3.81. The lowest BCUT2D eigenvalue weighted by Crippen LogP contribution is -2.25. The normalized spacial score (nSPS) is 26.2. The first-order chi connectivity index (χ1) is 9.02. The summed E-state index contributed by atoms with van der Waals surface area (Å²) in [6.45, 7) is 5.54. The topological polar surface area (TPSA) is 49.4 Å². The summed E-state index contributed by atoms with van der Waals surface area (Å²) in [5, 5.41) is 3.44. The second-order valence-corrected chi connectivity index (χ2v) is 7.80. The molecule has 0 unspecified atom stereocenters. The van der Waals surface area contributed by atoms with Crippen molar-refractivity contribution in [2.45, 2.75) is 11.4 Å². The quantitative estimate of drug-likeness (QED) is 0.909. The average Bonchev–Trinajstić information content (AvgIpc) is 2.89. The molecule has 1 aromatic carbocycles. The largest absolute Gasteiger partial charge is 0.316 e. The van der Waals surface area contributed by atoms with Gasteiger partial charge in [0, 0.05) is 25.9 Å². The number of nitrogens with zero attached hydrogens (tertiary/aromatic N) is 1. The zero-order valence-electron chi connectivity index (χ0n) is 11.6. The predicted molar refractivity (Wildman–Crippen MR) is 81.9 cm³/mol. The molecule has 1 aromatic rings. The number of halogens is 1. The highest BCUT2D eigenvalue weighted by atomic mass is 35.5. The summed E-state index contributed by atoms with van der Waals surface area (Å²) in [4.78, 5) is 2.88. The van der Waals surface area contributed by atoms with Gasteiger partial charge in [0.25, 0.3) is 0 Å². The molecule has 2 aliphatic heterocycles. The zero-order valence-corrected chi connectivity index (χ0v) is 13.2. The van der Waals surface area contributed by atoms with Gasteiger partial charge in [-0.15, -0.1) is 12.4 Å². The monoisotopic (exact) mass is 316 g/mol. The van der Waals surface area contributed by atoms with Crippen molar-refractivity contribution < 1.29 is 8.42 Å². The summed E-state index contributed by atoms with van der Waals surface area (Å²) in [7, 11) is -3.08. The molecule has 2 aliphatic rings. The van der Waals surface area contributed by atoms with Crippen LogP contribution in [0.4, 0.5) is 0 Å². The van der Waals surface area contributed by atoms with Crippen molar-refractivity contribution in [1.82, 2.24) is 10.2 Å². The van der Waals surface area contributed by atoms with Crippen LogP contribution in [-0.2, 0) is 16.4 Å². The molecule has 3 rings (SSSR count). The molecule has 6 heteroatoms. The summed E-state index contributed by atoms with van der Waals surface area (Å²) in [6.07, 6.45) is 1.25. The van der Waals surface area contributed by atoms with Crippen LogP contribution in [0.15, 0.2) is 29.2 Å². The molecule has 2 heterocycles. The number of likely N-dealkylation sites (tertiary alicyclic amines) is 1. The lowest BCUT2D eigenvalue weighted by molar-refractivity contribution is 0.305. The van der Waals surface area contributed by atoms with Crippen molar-refractivity contribution in [3.05, 3.63) is 29.8 Å². The van der Waals surface area contributed by atoms with Crippen LogP contribution in [0, 0.1) is 11.8 Å². The van der Waals surface area contributed by atoms with Gasteiger partial charge in [-0.05, 0) is 42.6 Å². The Kier molecular flexibility index (Phi) is 4.74. The van der Waals surface area contributed by atoms with Crippen LogP contribution in [0.3, 0.4) is 0 Å². The van der Waals surface area contributed by atoms with E-state index in [9.17, 15) is 8.42 Å². The van der Waals surface area contributed by atoms with E-state index in [4.69, 9.17) is 0 Å². The third-order valence-electron chi connectivity index (χ3n) is 4.22. The summed E-state index contributed by atoms with van der Waals surface area (Å²) >= 11 is 0. The average molecular weight is 317 g/mol. The van der Waals surface area contributed by atoms with Crippen molar-refractivity contribution in [3.63, 3.8) is 0 Å². The van der Waals surface area contributed by atoms with Gasteiger partial charge in [0.2, 0.25) is 0 Å². The molecular weight excluding hydrogens is 296 g/mol. The maximum Gasteiger partial charge on any atom is 0.175 e. The van der Waals surface area contributed by atoms with Gasteiger partial charge in [-0.1, -0.05) is 12.1 Å². The molecule has 112 valence electrons. The maximum absolute atomic E-state index is 11.4. The van der Waals surface area contributed by atoms with Crippen molar-refractivity contribution in [2.75, 3.05) is 32.4 Å². The van der Waals surface area contributed by atoms with Gasteiger partial charge in [-0.3, -0.25) is 4.90 Å². The van der Waals surface area contributed by atoms with E-state index >= 15 is 0 Å². The minimum Gasteiger partial charge on any atom is -0.316 e. The van der Waals surface area contributed by atoms with Gasteiger partial charge in [-0.25, -0.2) is 8.42 Å². The van der Waals surface area contributed by atoms with E-state index in [-0.39, 0.29) is 12.4 Å². The molecule has 0 amide bonds. The highest BCUT2D eigenvalue weighted by molar-refractivity contribution is 7.90. The molecule has 2 saturated heterocycles. The van der Waals surface area contributed by atoms with Crippen LogP contribution in [0.25, 0.3) is 0 Å². The molecule has 2 atom stereocenters. The molecule has 2 fully saturated rings. The first-order valence-electron chi connectivity index (χ1n) is 6.74. The van der Waals surface area contributed by atoms with Crippen LogP contribution in [-0.4, -0.2) is 45.8 Å². The Balaban J connectivity index is 0.00000147. The van der Waals surface area contributed by atoms with E-state index in [0.29, 0.717) is 4.90 Å². The van der Waals surface area contributed by atoms with Crippen molar-refractivity contribution in [3.8, 4) is 0 Å². The van der Waals surface area contributed by atoms with Gasteiger partial charge in [0.15, 0.2) is 9.84 Å². The van der Waals surface area contributed by atoms with Crippen LogP contribution in [0.5, 0.6) is 0 Å². The van der Waals surface area contributed by atoms with Gasteiger partial charge < -0.3 is 5.32 Å². The Morgan fingerprint density at radius 2 is 1.70 bits per heavy atom. The first kappa shape index (κ1) is 15.8. The van der Waals surface area contributed by atoms with E-state index in [1.54, 1.807) is 12.1 Å². The number of nitrogens with one attached hydrogen (secondary N) is 1. The van der Waals surface area contributed by atoms with Gasteiger partial charge >= 0.3 is 0 Å². The summed E-state index contributed by atoms with van der Waals surface area (Å²) in [5.74, 6) is 1.60. The van der Waals surface area contributed by atoms with E-state index in [1.807, 2.05) is 12.1 Å². The fourth-order valence-electron chi connectivity index (χ4n) is 3.18. The standard InChI is InChI=1S/C14H20N2O2S.ClH/c1-19(17,18)14-4-2-11(3-5-14)8-16-9-12-6-15-7-13(12)10-16;/h2-5,12-13,15H,6-10H2,1H3;1H/t12-,13+;. The number of hydrogen-bond acceptors (Lipinski definition) is 4. The highest BCUT2D eigenvalue weighted by Crippen LogP contribution is 2.27. The van der Waals surface area contributed by atoms with Crippen molar-refractivity contribution in [1.29, 1.82) is 0 Å². The molecule has 0 saturated carbocycles. The van der Waals surface area contributed by atoms with E-state index in [2.05, 4.69) is 10.2 Å². The lowest BCUT2D eigenvalue weighted by atomic mass is 10.0. The van der Waals surface area contributed by atoms with Gasteiger partial charge in [-0.2, -0.15) is 0 Å². The minimum atomic E-state index is -3.08. The van der Waals surface area contributed by atoms with E-state index in [1.165, 1.54) is 11.8 Å². The van der Waals surface area contributed by atoms with Crippen molar-refractivity contribution in [2.24, 2.45) is 11.8 Å². The molecule has 0 aromatic heterocycles. The first-order valence-corrected chi connectivity index (χ1v) is 8.63. The Hall–Kier alpha value is -0.620. The third-order valence-corrected chi connectivity index (χ3v) is 5.35. The Bertz CT molecular complexity index is 547. The number of hydrogen-bond donors (Lipinski definition) is 1. The molecule has 0 bridgehead atoms. The molecule has 1 N–H and O–H groups in total. The summed E-state index contributed by atoms with van der Waals surface area (Å²) in [6, 6.07) is 7.29. The molecular formula is C14H21ClN2O2S. The Labute approximate surface area is 126 Å². The van der Waals surface area contributed by atoms with Gasteiger partial charge in [0.1, 0.15) is 0 Å². The van der Waals surface area contributed by atoms with E-state index < -0.39 is 9.84 Å². The number of benzene rings is 1. The molecule has 0 aliphatic carbocycles. The lowest BCUT2D eigenvalue weighted by Gasteiger charge is -2.17. The van der Waals surface area contributed by atoms with Gasteiger partial charge in [0.05, 0.1) is 4.90 Å². The highest BCUT2D eigenvalue weighted by Gasteiger charge is 2.35. The van der Waals surface area contributed by atoms with E-state index in [0.717, 1.165) is 44.6 Å². The number of fused-ring (bicyclic) bond motifs is 1. The smallest absolute Gasteiger partial charge is 0.175 e. The second-order valence-electron chi connectivity index (χ2n) is 5.79. The molecule has 0 spiro atoms. The van der Waals surface area contributed by atoms with Crippen LogP contribution < -0.4 is 5.32 Å². The van der Waals surface area contributed by atoms with Crippen LogP contribution in [0.1, 0.15) is 5.56 Å². The molecule has 20 heavy (non-hydrogen) atoms. The Morgan fingerprint density at radius 1 is 1.15 bits per heavy atom. The predicted octanol–water partition coefficient (Wildman–Crippen LogP) is 1.16. The fraction of sp³-hybridized carbons (Fsp3) is 0.571. The number of sulfone groups is 1. The number of rotatable bonds is 3. The SMILES string of the molecule is CS(=O)(=O)c1ccc(CN2C[C@H]3CNC[C@H]3C2)cc1.Cl. The maximum atomic E-state index is 11.4. The second kappa shape index (κ2) is 6.02. The zero-order chi connectivity index (χ0) is 13.5. The minimum absolute atomic E-state index is 0. The van der Waals surface area contributed by atoms with Crippen molar-refractivity contribution >= 4 is 22.2 Å². The summed E-state index contributed by atoms with van der Waals surface area (Å²) in [5.41, 5.74) is 1.19. The molecule has 0 radical (unpaired) electrons. The van der Waals surface area contributed by atoms with Crippen LogP contribution in [0.2, 0.25) is 0 Å². The van der Waals surface area contributed by atoms with Crippen LogP contribution >= 0.6 is 12.4 Å². The summed E-state index contributed by atoms with van der Waals surface area (Å²) < 4.78 is 22.8. The Morgan fingerprint density at radius 3 is 2.20 bits per heavy atom. The molecule has 4 nitrogen and oxygen atoms in total.